The van der Waals surface area contributed by atoms with Gasteiger partial charge in [0.15, 0.2) is 0 Å². The SMILES string of the molecule is N[C@@H]1CCC[C@H]1CC(=O)N1CCN(C(=O)c2cc3occc3s2)CC1. The predicted molar refractivity (Wildman–Crippen MR) is 96.5 cm³/mol. The number of nitrogens with zero attached hydrogens (tertiary/aromatic N) is 2. The van der Waals surface area contributed by atoms with E-state index in [1.54, 1.807) is 12.3 Å². The summed E-state index contributed by atoms with van der Waals surface area (Å²) in [6.07, 6.45) is 5.41. The predicted octanol–water partition coefficient (Wildman–Crippen LogP) is 2.30. The summed E-state index contributed by atoms with van der Waals surface area (Å²) in [5.41, 5.74) is 6.84. The largest absolute Gasteiger partial charge is 0.463 e. The molecule has 1 saturated carbocycles. The maximum Gasteiger partial charge on any atom is 0.264 e. The van der Waals surface area contributed by atoms with E-state index in [-0.39, 0.29) is 17.9 Å². The number of amides is 2. The molecule has 2 N–H and O–H groups in total. The Kier molecular flexibility index (Phi) is 4.52. The Morgan fingerprint density at radius 3 is 2.64 bits per heavy atom. The molecular formula is C18H23N3O3S. The second-order valence-corrected chi connectivity index (χ2v) is 8.08. The molecule has 0 unspecified atom stereocenters. The molecule has 2 aromatic heterocycles. The number of carbonyl (C=O) groups is 2. The Morgan fingerprint density at radius 2 is 1.96 bits per heavy atom. The van der Waals surface area contributed by atoms with Gasteiger partial charge >= 0.3 is 0 Å². The van der Waals surface area contributed by atoms with Crippen molar-refractivity contribution in [2.24, 2.45) is 11.7 Å². The van der Waals surface area contributed by atoms with E-state index in [1.165, 1.54) is 11.3 Å². The number of fused-ring (bicyclic) bond motifs is 1. The van der Waals surface area contributed by atoms with Crippen LogP contribution in [0.5, 0.6) is 0 Å². The maximum absolute atomic E-state index is 12.6. The van der Waals surface area contributed by atoms with Gasteiger partial charge in [0, 0.05) is 44.7 Å². The van der Waals surface area contributed by atoms with Crippen LogP contribution in [0.4, 0.5) is 0 Å². The number of piperazine rings is 1. The van der Waals surface area contributed by atoms with E-state index in [4.69, 9.17) is 10.2 Å². The minimum Gasteiger partial charge on any atom is -0.463 e. The molecule has 6 nitrogen and oxygen atoms in total. The Balaban J connectivity index is 1.32. The fraction of sp³-hybridized carbons (Fsp3) is 0.556. The van der Waals surface area contributed by atoms with Crippen LogP contribution in [0.3, 0.4) is 0 Å². The van der Waals surface area contributed by atoms with Crippen LogP contribution in [0.2, 0.25) is 0 Å². The molecule has 2 amide bonds. The van der Waals surface area contributed by atoms with E-state index < -0.39 is 0 Å². The zero-order chi connectivity index (χ0) is 17.4. The highest BCUT2D eigenvalue weighted by Crippen LogP contribution is 2.29. The fourth-order valence-corrected chi connectivity index (χ4v) is 4.81. The van der Waals surface area contributed by atoms with Crippen LogP contribution in [-0.2, 0) is 4.79 Å². The fourth-order valence-electron chi connectivity index (χ4n) is 3.86. The molecule has 0 aromatic carbocycles. The molecule has 2 aromatic rings. The van der Waals surface area contributed by atoms with Crippen LogP contribution >= 0.6 is 11.3 Å². The molecule has 1 aliphatic carbocycles. The third-order valence-corrected chi connectivity index (χ3v) is 6.49. The van der Waals surface area contributed by atoms with Crippen molar-refractivity contribution in [3.8, 4) is 0 Å². The molecule has 2 fully saturated rings. The minimum absolute atomic E-state index is 0.0290. The number of hydrogen-bond donors (Lipinski definition) is 1. The monoisotopic (exact) mass is 361 g/mol. The molecule has 7 heteroatoms. The van der Waals surface area contributed by atoms with Gasteiger partial charge in [0.25, 0.3) is 5.91 Å². The summed E-state index contributed by atoms with van der Waals surface area (Å²) in [5, 5.41) is 0. The average molecular weight is 361 g/mol. The summed E-state index contributed by atoms with van der Waals surface area (Å²) in [5.74, 6) is 0.540. The lowest BCUT2D eigenvalue weighted by molar-refractivity contribution is -0.133. The van der Waals surface area contributed by atoms with E-state index in [0.717, 1.165) is 29.5 Å². The number of rotatable bonds is 3. The number of furan rings is 1. The lowest BCUT2D eigenvalue weighted by atomic mass is 9.99. The van der Waals surface area contributed by atoms with E-state index in [1.807, 2.05) is 15.9 Å². The second-order valence-electron chi connectivity index (χ2n) is 6.99. The molecule has 2 aliphatic rings. The van der Waals surface area contributed by atoms with Crippen molar-refractivity contribution in [2.45, 2.75) is 31.7 Å². The summed E-state index contributed by atoms with van der Waals surface area (Å²) >= 11 is 1.45. The van der Waals surface area contributed by atoms with Crippen LogP contribution < -0.4 is 5.73 Å². The molecule has 1 aliphatic heterocycles. The molecule has 2 atom stereocenters. The smallest absolute Gasteiger partial charge is 0.264 e. The van der Waals surface area contributed by atoms with E-state index >= 15 is 0 Å². The highest BCUT2D eigenvalue weighted by molar-refractivity contribution is 7.20. The lowest BCUT2D eigenvalue weighted by Crippen LogP contribution is -2.51. The first-order valence-corrected chi connectivity index (χ1v) is 9.73. The molecule has 4 rings (SSSR count). The lowest BCUT2D eigenvalue weighted by Gasteiger charge is -2.35. The van der Waals surface area contributed by atoms with Gasteiger partial charge in [-0.05, 0) is 24.8 Å². The maximum atomic E-state index is 12.6. The van der Waals surface area contributed by atoms with Crippen molar-refractivity contribution in [1.82, 2.24) is 9.80 Å². The third-order valence-electron chi connectivity index (χ3n) is 5.42. The van der Waals surface area contributed by atoms with Crippen molar-refractivity contribution in [2.75, 3.05) is 26.2 Å². The first-order valence-electron chi connectivity index (χ1n) is 8.91. The topological polar surface area (TPSA) is 79.8 Å². The first kappa shape index (κ1) is 16.6. The molecule has 3 heterocycles. The summed E-state index contributed by atoms with van der Waals surface area (Å²) < 4.78 is 6.32. The van der Waals surface area contributed by atoms with Gasteiger partial charge in [0.05, 0.1) is 15.8 Å². The van der Waals surface area contributed by atoms with Gasteiger partial charge in [-0.25, -0.2) is 0 Å². The molecule has 0 spiro atoms. The molecule has 134 valence electrons. The Hall–Kier alpha value is -1.86. The van der Waals surface area contributed by atoms with Crippen LogP contribution in [0.25, 0.3) is 10.3 Å². The van der Waals surface area contributed by atoms with Crippen LogP contribution in [0.1, 0.15) is 35.4 Å². The Bertz CT molecular complexity index is 747. The van der Waals surface area contributed by atoms with Crippen molar-refractivity contribution < 1.29 is 14.0 Å². The number of nitrogens with two attached hydrogens (primary N) is 1. The van der Waals surface area contributed by atoms with Crippen molar-refractivity contribution >= 4 is 33.4 Å². The van der Waals surface area contributed by atoms with Gasteiger partial charge in [-0.15, -0.1) is 11.3 Å². The number of carbonyl (C=O) groups excluding carboxylic acids is 2. The summed E-state index contributed by atoms with van der Waals surface area (Å²) in [4.78, 5) is 29.5. The van der Waals surface area contributed by atoms with Crippen molar-refractivity contribution in [3.63, 3.8) is 0 Å². The summed E-state index contributed by atoms with van der Waals surface area (Å²) in [6, 6.07) is 3.85. The van der Waals surface area contributed by atoms with Gasteiger partial charge < -0.3 is 20.0 Å². The zero-order valence-corrected chi connectivity index (χ0v) is 15.0. The molecule has 0 radical (unpaired) electrons. The van der Waals surface area contributed by atoms with Crippen molar-refractivity contribution in [3.05, 3.63) is 23.3 Å². The highest BCUT2D eigenvalue weighted by Gasteiger charge is 2.30. The van der Waals surface area contributed by atoms with Gasteiger partial charge in [-0.3, -0.25) is 9.59 Å². The third kappa shape index (κ3) is 3.30. The number of thiophene rings is 1. The number of hydrogen-bond acceptors (Lipinski definition) is 5. The average Bonchev–Trinajstić information content (AvgIpc) is 3.31. The van der Waals surface area contributed by atoms with Crippen molar-refractivity contribution in [1.29, 1.82) is 0 Å². The van der Waals surface area contributed by atoms with E-state index in [0.29, 0.717) is 43.4 Å². The highest BCUT2D eigenvalue weighted by atomic mass is 32.1. The minimum atomic E-state index is 0.0290. The molecule has 1 saturated heterocycles. The first-order chi connectivity index (χ1) is 12.1. The molecular weight excluding hydrogens is 338 g/mol. The van der Waals surface area contributed by atoms with Gasteiger partial charge in [-0.2, -0.15) is 0 Å². The standard InChI is InChI=1S/C18H23N3O3S/c19-13-3-1-2-12(13)10-17(22)20-5-7-21(8-6-20)18(23)16-11-14-15(25-16)4-9-24-14/h4,9,11-13H,1-3,5-8,10,19H2/t12-,13+/m0/s1. The van der Waals surface area contributed by atoms with Crippen LogP contribution in [0, 0.1) is 5.92 Å². The van der Waals surface area contributed by atoms with E-state index in [9.17, 15) is 9.59 Å². The second kappa shape index (κ2) is 6.80. The van der Waals surface area contributed by atoms with Crippen LogP contribution in [-0.4, -0.2) is 53.8 Å². The van der Waals surface area contributed by atoms with E-state index in [2.05, 4.69) is 0 Å². The van der Waals surface area contributed by atoms with Crippen LogP contribution in [0.15, 0.2) is 22.8 Å². The Labute approximate surface area is 150 Å². The zero-order valence-electron chi connectivity index (χ0n) is 14.1. The summed E-state index contributed by atoms with van der Waals surface area (Å²) in [7, 11) is 0. The quantitative estimate of drug-likeness (QED) is 0.910. The molecule has 0 bridgehead atoms. The van der Waals surface area contributed by atoms with Gasteiger partial charge in [0.1, 0.15) is 5.58 Å². The normalized spacial score (nSPS) is 24.2. The van der Waals surface area contributed by atoms with Gasteiger partial charge in [-0.1, -0.05) is 6.42 Å². The van der Waals surface area contributed by atoms with Gasteiger partial charge in [0.2, 0.25) is 5.91 Å². The summed E-state index contributed by atoms with van der Waals surface area (Å²) in [6.45, 7) is 2.38. The Morgan fingerprint density at radius 1 is 1.20 bits per heavy atom. The molecule has 25 heavy (non-hydrogen) atoms.